The van der Waals surface area contributed by atoms with Crippen LogP contribution < -0.4 is 0 Å². The molecule has 2 aliphatic carbocycles. The minimum absolute atomic E-state index is 0.394. The Labute approximate surface area is 162 Å². The highest BCUT2D eigenvalue weighted by molar-refractivity contribution is 5.22. The van der Waals surface area contributed by atoms with Gasteiger partial charge < -0.3 is 0 Å². The van der Waals surface area contributed by atoms with Crippen LogP contribution in [-0.4, -0.2) is 0 Å². The third kappa shape index (κ3) is 6.12. The van der Waals surface area contributed by atoms with E-state index in [2.05, 4.69) is 0 Å². The van der Waals surface area contributed by atoms with Crippen molar-refractivity contribution < 1.29 is 13.2 Å². The Balaban J connectivity index is 1.34. The van der Waals surface area contributed by atoms with E-state index < -0.39 is 11.6 Å². The normalized spacial score (nSPS) is 29.3. The minimum Gasteiger partial charge on any atom is -0.216 e. The monoisotopic (exact) mass is 378 g/mol. The van der Waals surface area contributed by atoms with Gasteiger partial charge in [0.1, 0.15) is 0 Å². The van der Waals surface area contributed by atoms with Crippen molar-refractivity contribution in [2.75, 3.05) is 0 Å². The van der Waals surface area contributed by atoms with Crippen LogP contribution >= 0.6 is 0 Å². The molecule has 0 unspecified atom stereocenters. The van der Waals surface area contributed by atoms with Gasteiger partial charge >= 0.3 is 0 Å². The molecule has 0 bridgehead atoms. The van der Waals surface area contributed by atoms with Crippen LogP contribution in [0.25, 0.3) is 0 Å². The first-order valence-corrected chi connectivity index (χ1v) is 10.9. The van der Waals surface area contributed by atoms with Crippen molar-refractivity contribution in [1.29, 1.82) is 0 Å². The average Bonchev–Trinajstić information content (AvgIpc) is 2.70. The first-order valence-electron chi connectivity index (χ1n) is 10.9. The van der Waals surface area contributed by atoms with Crippen LogP contribution in [0.3, 0.4) is 0 Å². The SMILES string of the molecule is F/C=C/CC[C@H]1CC[C@H](CC[C@H]2CC[C@H](c3ccc(F)c(F)c3)CC2)CC1. The zero-order valence-electron chi connectivity index (χ0n) is 16.3. The zero-order chi connectivity index (χ0) is 19.1. The van der Waals surface area contributed by atoms with Crippen LogP contribution in [0.4, 0.5) is 13.2 Å². The van der Waals surface area contributed by atoms with E-state index in [1.165, 1.54) is 63.5 Å². The Morgan fingerprint density at radius 1 is 0.741 bits per heavy atom. The van der Waals surface area contributed by atoms with Crippen molar-refractivity contribution in [3.05, 3.63) is 47.8 Å². The van der Waals surface area contributed by atoms with Gasteiger partial charge in [-0.2, -0.15) is 0 Å². The van der Waals surface area contributed by atoms with Crippen LogP contribution in [0, 0.1) is 29.4 Å². The summed E-state index contributed by atoms with van der Waals surface area (Å²) in [5, 5.41) is 0. The fourth-order valence-electron chi connectivity index (χ4n) is 5.23. The van der Waals surface area contributed by atoms with Gasteiger partial charge in [0.05, 0.1) is 6.33 Å². The molecule has 3 heteroatoms. The quantitative estimate of drug-likeness (QED) is 0.450. The maximum absolute atomic E-state index is 13.5. The van der Waals surface area contributed by atoms with Gasteiger partial charge in [-0.05, 0) is 79.9 Å². The summed E-state index contributed by atoms with van der Waals surface area (Å²) in [6, 6.07) is 4.41. The van der Waals surface area contributed by atoms with E-state index in [0.717, 1.165) is 49.0 Å². The molecular weight excluding hydrogens is 345 g/mol. The van der Waals surface area contributed by atoms with Crippen molar-refractivity contribution in [3.63, 3.8) is 0 Å². The van der Waals surface area contributed by atoms with Gasteiger partial charge in [0.15, 0.2) is 11.6 Å². The fraction of sp³-hybridized carbons (Fsp3) is 0.667. The van der Waals surface area contributed by atoms with E-state index >= 15 is 0 Å². The van der Waals surface area contributed by atoms with Crippen LogP contribution in [-0.2, 0) is 0 Å². The lowest BCUT2D eigenvalue weighted by Gasteiger charge is -2.32. The molecule has 2 aliphatic rings. The van der Waals surface area contributed by atoms with E-state index in [0.29, 0.717) is 12.2 Å². The summed E-state index contributed by atoms with van der Waals surface area (Å²) >= 11 is 0. The number of hydrogen-bond donors (Lipinski definition) is 0. The summed E-state index contributed by atoms with van der Waals surface area (Å²) < 4.78 is 38.6. The summed E-state index contributed by atoms with van der Waals surface area (Å²) in [5.74, 6) is 1.40. The third-order valence-corrected chi connectivity index (χ3v) is 7.04. The van der Waals surface area contributed by atoms with E-state index in [9.17, 15) is 13.2 Å². The molecule has 3 rings (SSSR count). The van der Waals surface area contributed by atoms with Crippen LogP contribution in [0.15, 0.2) is 30.6 Å². The highest BCUT2D eigenvalue weighted by atomic mass is 19.2. The predicted molar refractivity (Wildman–Crippen MR) is 105 cm³/mol. The van der Waals surface area contributed by atoms with E-state index in [1.54, 1.807) is 12.1 Å². The zero-order valence-corrected chi connectivity index (χ0v) is 16.3. The molecule has 0 amide bonds. The number of allylic oxidation sites excluding steroid dienone is 1. The molecule has 0 saturated heterocycles. The van der Waals surface area contributed by atoms with Gasteiger partial charge in [0.25, 0.3) is 0 Å². The number of hydrogen-bond acceptors (Lipinski definition) is 0. The third-order valence-electron chi connectivity index (χ3n) is 7.04. The Bertz CT molecular complexity index is 594. The molecular formula is C24H33F3. The molecule has 27 heavy (non-hydrogen) atoms. The van der Waals surface area contributed by atoms with Crippen molar-refractivity contribution in [2.24, 2.45) is 17.8 Å². The van der Waals surface area contributed by atoms with Gasteiger partial charge in [-0.25, -0.2) is 13.2 Å². The fourth-order valence-corrected chi connectivity index (χ4v) is 5.23. The second kappa shape index (κ2) is 10.3. The van der Waals surface area contributed by atoms with Gasteiger partial charge in [-0.1, -0.05) is 50.7 Å². The van der Waals surface area contributed by atoms with Crippen LogP contribution in [0.2, 0.25) is 0 Å². The molecule has 0 aliphatic heterocycles. The molecule has 0 radical (unpaired) electrons. The molecule has 2 fully saturated rings. The lowest BCUT2D eigenvalue weighted by Crippen LogP contribution is -2.18. The molecule has 0 nitrogen and oxygen atoms in total. The Hall–Kier alpha value is -1.25. The highest BCUT2D eigenvalue weighted by Crippen LogP contribution is 2.40. The number of halogens is 3. The maximum atomic E-state index is 13.5. The summed E-state index contributed by atoms with van der Waals surface area (Å²) in [7, 11) is 0. The first kappa shape index (κ1) is 20.5. The molecule has 0 heterocycles. The molecule has 0 atom stereocenters. The molecule has 2 saturated carbocycles. The lowest BCUT2D eigenvalue weighted by atomic mass is 9.74. The standard InChI is InChI=1S/C24H33F3/c25-16-2-1-3-18-4-6-19(7-5-18)8-9-20-10-12-21(13-11-20)22-14-15-23(26)24(27)17-22/h2,14-21H,1,3-13H2/b16-2+/t18-,19-,20-,21-. The molecule has 0 aromatic heterocycles. The Morgan fingerprint density at radius 2 is 1.30 bits per heavy atom. The molecule has 0 spiro atoms. The highest BCUT2D eigenvalue weighted by Gasteiger charge is 2.25. The number of benzene rings is 1. The van der Waals surface area contributed by atoms with E-state index in [-0.39, 0.29) is 0 Å². The smallest absolute Gasteiger partial charge is 0.159 e. The van der Waals surface area contributed by atoms with Gasteiger partial charge in [0, 0.05) is 0 Å². The predicted octanol–water partition coefficient (Wildman–Crippen LogP) is 8.09. The largest absolute Gasteiger partial charge is 0.216 e. The van der Waals surface area contributed by atoms with Gasteiger partial charge in [-0.3, -0.25) is 0 Å². The van der Waals surface area contributed by atoms with E-state index in [1.807, 2.05) is 0 Å². The maximum Gasteiger partial charge on any atom is 0.159 e. The minimum atomic E-state index is -0.749. The molecule has 1 aromatic carbocycles. The Morgan fingerprint density at radius 3 is 1.85 bits per heavy atom. The summed E-state index contributed by atoms with van der Waals surface area (Å²) in [6.45, 7) is 0. The molecule has 0 N–H and O–H groups in total. The van der Waals surface area contributed by atoms with Gasteiger partial charge in [0.2, 0.25) is 0 Å². The lowest BCUT2D eigenvalue weighted by molar-refractivity contribution is 0.225. The second-order valence-corrected chi connectivity index (χ2v) is 8.79. The summed E-state index contributed by atoms with van der Waals surface area (Å²) in [6.07, 6.45) is 17.0. The summed E-state index contributed by atoms with van der Waals surface area (Å²) in [5.41, 5.74) is 0.966. The van der Waals surface area contributed by atoms with Crippen molar-refractivity contribution in [1.82, 2.24) is 0 Å². The molecule has 1 aromatic rings. The topological polar surface area (TPSA) is 0 Å². The first-order chi connectivity index (χ1) is 13.2. The Kier molecular flexibility index (Phi) is 7.84. The van der Waals surface area contributed by atoms with E-state index in [4.69, 9.17) is 0 Å². The number of rotatable bonds is 7. The van der Waals surface area contributed by atoms with Crippen LogP contribution in [0.5, 0.6) is 0 Å². The average molecular weight is 379 g/mol. The summed E-state index contributed by atoms with van der Waals surface area (Å²) in [4.78, 5) is 0. The van der Waals surface area contributed by atoms with Crippen LogP contribution in [0.1, 0.15) is 88.5 Å². The van der Waals surface area contributed by atoms with Crippen molar-refractivity contribution >= 4 is 0 Å². The second-order valence-electron chi connectivity index (χ2n) is 8.79. The molecule has 150 valence electrons. The van der Waals surface area contributed by atoms with Crippen molar-refractivity contribution in [3.8, 4) is 0 Å². The van der Waals surface area contributed by atoms with Gasteiger partial charge in [-0.15, -0.1) is 0 Å². The van der Waals surface area contributed by atoms with Crippen molar-refractivity contribution in [2.45, 2.75) is 83.0 Å².